The minimum atomic E-state index is 0.505. The second-order valence-corrected chi connectivity index (χ2v) is 5.73. The first-order valence-electron chi connectivity index (χ1n) is 6.10. The molecule has 3 nitrogen and oxygen atoms in total. The molecular formula is C14H19N3S. The summed E-state index contributed by atoms with van der Waals surface area (Å²) in [6, 6.07) is 6.86. The van der Waals surface area contributed by atoms with E-state index in [0.29, 0.717) is 11.2 Å². The zero-order valence-corrected chi connectivity index (χ0v) is 11.7. The first-order valence-corrected chi connectivity index (χ1v) is 6.91. The van der Waals surface area contributed by atoms with Crippen LogP contribution in [0.5, 0.6) is 0 Å². The lowest BCUT2D eigenvalue weighted by Crippen LogP contribution is -2.30. The van der Waals surface area contributed by atoms with Crippen molar-refractivity contribution in [2.75, 3.05) is 12.3 Å². The van der Waals surface area contributed by atoms with E-state index in [4.69, 9.17) is 5.73 Å². The van der Waals surface area contributed by atoms with Gasteiger partial charge in [0.15, 0.2) is 5.13 Å². The molecule has 0 saturated carbocycles. The molecule has 0 amide bonds. The second-order valence-electron chi connectivity index (χ2n) is 4.67. The van der Waals surface area contributed by atoms with Gasteiger partial charge < -0.3 is 5.73 Å². The Balaban J connectivity index is 2.22. The van der Waals surface area contributed by atoms with Gasteiger partial charge in [-0.1, -0.05) is 23.5 Å². The molecule has 0 atom stereocenters. The van der Waals surface area contributed by atoms with Crippen LogP contribution in [0.4, 0.5) is 5.13 Å². The van der Waals surface area contributed by atoms with Gasteiger partial charge in [0.1, 0.15) is 0 Å². The molecule has 0 saturated heterocycles. The first-order chi connectivity index (χ1) is 8.60. The van der Waals surface area contributed by atoms with Crippen molar-refractivity contribution >= 4 is 26.7 Å². The molecule has 0 aliphatic carbocycles. The summed E-state index contributed by atoms with van der Waals surface area (Å²) < 4.78 is 1.16. The van der Waals surface area contributed by atoms with Gasteiger partial charge in [-0.2, -0.15) is 0 Å². The number of aromatic nitrogens is 1. The lowest BCUT2D eigenvalue weighted by Gasteiger charge is -2.24. The first kappa shape index (κ1) is 13.1. The fourth-order valence-electron chi connectivity index (χ4n) is 1.94. The summed E-state index contributed by atoms with van der Waals surface area (Å²) >= 11 is 1.54. The molecule has 18 heavy (non-hydrogen) atoms. The molecule has 0 bridgehead atoms. The fourth-order valence-corrected chi connectivity index (χ4v) is 2.74. The zero-order valence-electron chi connectivity index (χ0n) is 10.9. The Bertz CT molecular complexity index is 545. The van der Waals surface area contributed by atoms with Crippen molar-refractivity contribution in [2.24, 2.45) is 0 Å². The Morgan fingerprint density at radius 1 is 1.50 bits per heavy atom. The molecule has 0 radical (unpaired) electrons. The quantitative estimate of drug-likeness (QED) is 0.840. The van der Waals surface area contributed by atoms with Crippen LogP contribution in [-0.4, -0.2) is 22.5 Å². The molecule has 2 aromatic rings. The largest absolute Gasteiger partial charge is 0.375 e. The third-order valence-corrected chi connectivity index (χ3v) is 3.80. The van der Waals surface area contributed by atoms with E-state index in [1.807, 2.05) is 12.1 Å². The van der Waals surface area contributed by atoms with Crippen LogP contribution < -0.4 is 5.73 Å². The highest BCUT2D eigenvalue weighted by Gasteiger charge is 2.09. The topological polar surface area (TPSA) is 42.2 Å². The van der Waals surface area contributed by atoms with Gasteiger partial charge in [-0.05, 0) is 31.5 Å². The molecule has 0 aliphatic rings. The average molecular weight is 261 g/mol. The molecule has 0 unspecified atom stereocenters. The SMILES string of the molecule is C=CCN(Cc1ccc2nc(N)sc2c1)C(C)C. The van der Waals surface area contributed by atoms with Gasteiger partial charge in [-0.3, -0.25) is 4.90 Å². The van der Waals surface area contributed by atoms with Crippen LogP contribution in [0.2, 0.25) is 0 Å². The highest BCUT2D eigenvalue weighted by atomic mass is 32.1. The predicted octanol–water partition coefficient (Wildman–Crippen LogP) is 3.27. The molecular weight excluding hydrogens is 242 g/mol. The molecule has 0 fully saturated rings. The van der Waals surface area contributed by atoms with Gasteiger partial charge in [-0.25, -0.2) is 4.98 Å². The van der Waals surface area contributed by atoms with E-state index in [1.54, 1.807) is 11.3 Å². The number of anilines is 1. The van der Waals surface area contributed by atoms with E-state index in [-0.39, 0.29) is 0 Å². The second kappa shape index (κ2) is 5.50. The maximum Gasteiger partial charge on any atom is 0.181 e. The number of rotatable bonds is 5. The summed E-state index contributed by atoms with van der Waals surface area (Å²) in [4.78, 5) is 6.64. The molecule has 1 heterocycles. The molecule has 0 aliphatic heterocycles. The third-order valence-electron chi connectivity index (χ3n) is 2.95. The van der Waals surface area contributed by atoms with Crippen molar-refractivity contribution in [2.45, 2.75) is 26.4 Å². The van der Waals surface area contributed by atoms with Crippen molar-refractivity contribution in [1.29, 1.82) is 0 Å². The maximum absolute atomic E-state index is 5.72. The summed E-state index contributed by atoms with van der Waals surface area (Å²) in [6.45, 7) is 10.0. The lowest BCUT2D eigenvalue weighted by atomic mass is 10.2. The summed E-state index contributed by atoms with van der Waals surface area (Å²) in [6.07, 6.45) is 1.95. The monoisotopic (exact) mass is 261 g/mol. The van der Waals surface area contributed by atoms with E-state index in [2.05, 4.69) is 42.4 Å². The van der Waals surface area contributed by atoms with E-state index < -0.39 is 0 Å². The summed E-state index contributed by atoms with van der Waals surface area (Å²) in [5.74, 6) is 0. The molecule has 4 heteroatoms. The normalized spacial score (nSPS) is 11.6. The van der Waals surface area contributed by atoms with E-state index in [9.17, 15) is 0 Å². The average Bonchev–Trinajstić information content (AvgIpc) is 2.67. The summed E-state index contributed by atoms with van der Waals surface area (Å²) in [5.41, 5.74) is 8.00. The summed E-state index contributed by atoms with van der Waals surface area (Å²) in [5, 5.41) is 0.633. The van der Waals surface area contributed by atoms with E-state index in [0.717, 1.165) is 23.3 Å². The van der Waals surface area contributed by atoms with Crippen molar-refractivity contribution in [3.63, 3.8) is 0 Å². The van der Waals surface area contributed by atoms with E-state index in [1.165, 1.54) is 5.56 Å². The smallest absolute Gasteiger partial charge is 0.181 e. The van der Waals surface area contributed by atoms with Crippen LogP contribution in [0.3, 0.4) is 0 Å². The van der Waals surface area contributed by atoms with Crippen LogP contribution in [0, 0.1) is 0 Å². The number of benzene rings is 1. The van der Waals surface area contributed by atoms with Crippen molar-refractivity contribution in [1.82, 2.24) is 9.88 Å². The summed E-state index contributed by atoms with van der Waals surface area (Å²) in [7, 11) is 0. The molecule has 2 N–H and O–H groups in total. The number of nitrogen functional groups attached to an aromatic ring is 1. The standard InChI is InChI=1S/C14H19N3S/c1-4-7-17(10(2)3)9-11-5-6-12-13(8-11)18-14(15)16-12/h4-6,8,10H,1,7,9H2,2-3H3,(H2,15,16). The zero-order chi connectivity index (χ0) is 13.1. The van der Waals surface area contributed by atoms with Gasteiger partial charge in [-0.15, -0.1) is 6.58 Å². The predicted molar refractivity (Wildman–Crippen MR) is 79.8 cm³/mol. The Morgan fingerprint density at radius 2 is 2.28 bits per heavy atom. The van der Waals surface area contributed by atoms with Gasteiger partial charge in [0, 0.05) is 19.1 Å². The van der Waals surface area contributed by atoms with Crippen molar-refractivity contribution in [3.8, 4) is 0 Å². The number of nitrogens with two attached hydrogens (primary N) is 1. The van der Waals surface area contributed by atoms with Gasteiger partial charge in [0.05, 0.1) is 10.2 Å². The van der Waals surface area contributed by atoms with Gasteiger partial charge >= 0.3 is 0 Å². The Hall–Kier alpha value is -1.39. The third kappa shape index (κ3) is 2.89. The van der Waals surface area contributed by atoms with Crippen molar-refractivity contribution in [3.05, 3.63) is 36.4 Å². The van der Waals surface area contributed by atoms with Crippen LogP contribution in [0.15, 0.2) is 30.9 Å². The lowest BCUT2D eigenvalue weighted by molar-refractivity contribution is 0.237. The Morgan fingerprint density at radius 3 is 2.94 bits per heavy atom. The molecule has 0 spiro atoms. The van der Waals surface area contributed by atoms with E-state index >= 15 is 0 Å². The highest BCUT2D eigenvalue weighted by molar-refractivity contribution is 7.22. The molecule has 1 aromatic heterocycles. The molecule has 96 valence electrons. The van der Waals surface area contributed by atoms with Crippen LogP contribution in [-0.2, 0) is 6.54 Å². The van der Waals surface area contributed by atoms with Crippen molar-refractivity contribution < 1.29 is 0 Å². The minimum absolute atomic E-state index is 0.505. The molecule has 1 aromatic carbocycles. The van der Waals surface area contributed by atoms with Crippen LogP contribution in [0.25, 0.3) is 10.2 Å². The van der Waals surface area contributed by atoms with Crippen LogP contribution in [0.1, 0.15) is 19.4 Å². The minimum Gasteiger partial charge on any atom is -0.375 e. The number of nitrogens with zero attached hydrogens (tertiary/aromatic N) is 2. The number of thiazole rings is 1. The van der Waals surface area contributed by atoms with Crippen LogP contribution >= 0.6 is 11.3 Å². The number of fused-ring (bicyclic) bond motifs is 1. The maximum atomic E-state index is 5.72. The van der Waals surface area contributed by atoms with Gasteiger partial charge in [0.25, 0.3) is 0 Å². The fraction of sp³-hybridized carbons (Fsp3) is 0.357. The van der Waals surface area contributed by atoms with Gasteiger partial charge in [0.2, 0.25) is 0 Å². The Labute approximate surface area is 112 Å². The highest BCUT2D eigenvalue weighted by Crippen LogP contribution is 2.25. The Kier molecular flexibility index (Phi) is 3.99. The molecule has 2 rings (SSSR count). The number of hydrogen-bond acceptors (Lipinski definition) is 4. The number of hydrogen-bond donors (Lipinski definition) is 1.